The van der Waals surface area contributed by atoms with Crippen LogP contribution in [0, 0.1) is 17.1 Å². The third kappa shape index (κ3) is 3.22. The molecule has 0 aromatic heterocycles. The van der Waals surface area contributed by atoms with Gasteiger partial charge in [0.1, 0.15) is 5.82 Å². The Morgan fingerprint density at radius 1 is 1.38 bits per heavy atom. The lowest BCUT2D eigenvalue weighted by molar-refractivity contribution is 0.606. The lowest BCUT2D eigenvalue weighted by Gasteiger charge is -2.02. The number of nitriles is 1. The van der Waals surface area contributed by atoms with Gasteiger partial charge in [0.05, 0.1) is 12.0 Å². The van der Waals surface area contributed by atoms with E-state index in [9.17, 15) is 4.39 Å². The van der Waals surface area contributed by atoms with Gasteiger partial charge in [0, 0.05) is 5.56 Å². The quantitative estimate of drug-likeness (QED) is 0.718. The summed E-state index contributed by atoms with van der Waals surface area (Å²) < 4.78 is 12.9. The van der Waals surface area contributed by atoms with Crippen LogP contribution in [0.5, 0.6) is 0 Å². The fourth-order valence-corrected chi connectivity index (χ4v) is 0.896. The van der Waals surface area contributed by atoms with Crippen molar-refractivity contribution < 1.29 is 4.39 Å². The second kappa shape index (κ2) is 6.15. The minimum absolute atomic E-state index is 0.304. The maximum atomic E-state index is 12.9. The first-order chi connectivity index (χ1) is 6.25. The monoisotopic (exact) mass is 180 g/mol. The summed E-state index contributed by atoms with van der Waals surface area (Å²) in [7, 11) is 1.50. The van der Waals surface area contributed by atoms with Gasteiger partial charge in [0.15, 0.2) is 0 Å². The molecular weight excluding hydrogens is 167 g/mol. The molecule has 1 unspecified atom stereocenters. The molecule has 0 saturated carbocycles. The largest absolute Gasteiger partial charge is 0.333 e. The van der Waals surface area contributed by atoms with Crippen molar-refractivity contribution in [1.29, 1.82) is 5.26 Å². The molecule has 1 aromatic carbocycles. The van der Waals surface area contributed by atoms with Gasteiger partial charge in [0.2, 0.25) is 0 Å². The molecule has 0 amide bonds. The van der Waals surface area contributed by atoms with E-state index >= 15 is 0 Å². The minimum atomic E-state index is -0.365. The van der Waals surface area contributed by atoms with E-state index < -0.39 is 0 Å². The summed E-state index contributed by atoms with van der Waals surface area (Å²) >= 11 is 0. The molecule has 1 atom stereocenters. The first-order valence-corrected chi connectivity index (χ1v) is 3.97. The maximum absolute atomic E-state index is 12.9. The van der Waals surface area contributed by atoms with Crippen molar-refractivity contribution >= 4 is 0 Å². The topological polar surface area (TPSA) is 49.8 Å². The van der Waals surface area contributed by atoms with Crippen LogP contribution in [0.3, 0.4) is 0 Å². The number of hydrogen-bond donors (Lipinski definition) is 1. The molecule has 0 fully saturated rings. The first-order valence-electron chi connectivity index (χ1n) is 3.97. The lowest BCUT2D eigenvalue weighted by Crippen LogP contribution is -1.92. The highest BCUT2D eigenvalue weighted by atomic mass is 19.1. The van der Waals surface area contributed by atoms with Crippen LogP contribution in [0.4, 0.5) is 4.39 Å². The molecule has 13 heavy (non-hydrogen) atoms. The Hall–Kier alpha value is -1.40. The van der Waals surface area contributed by atoms with Crippen molar-refractivity contribution in [2.75, 3.05) is 7.05 Å². The Morgan fingerprint density at radius 2 is 1.92 bits per heavy atom. The molecule has 1 aromatic rings. The van der Waals surface area contributed by atoms with E-state index in [0.717, 1.165) is 0 Å². The molecule has 1 rings (SSSR count). The Labute approximate surface area is 77.8 Å². The van der Waals surface area contributed by atoms with Crippen molar-refractivity contribution in [2.45, 2.75) is 12.8 Å². The summed E-state index contributed by atoms with van der Waals surface area (Å²) in [5.41, 5.74) is 4.97. The van der Waals surface area contributed by atoms with Crippen LogP contribution in [0.1, 0.15) is 18.4 Å². The first kappa shape index (κ1) is 11.6. The van der Waals surface area contributed by atoms with E-state index in [1.807, 2.05) is 6.07 Å². The van der Waals surface area contributed by atoms with E-state index in [4.69, 9.17) is 5.26 Å². The van der Waals surface area contributed by atoms with Crippen molar-refractivity contribution in [3.8, 4) is 6.07 Å². The smallest absolute Gasteiger partial charge is 0.127 e. The van der Waals surface area contributed by atoms with E-state index in [-0.39, 0.29) is 11.7 Å². The van der Waals surface area contributed by atoms with E-state index in [2.05, 4.69) is 5.73 Å². The zero-order valence-corrected chi connectivity index (χ0v) is 7.79. The van der Waals surface area contributed by atoms with Crippen LogP contribution in [-0.2, 0) is 0 Å². The van der Waals surface area contributed by atoms with Crippen LogP contribution >= 0.6 is 0 Å². The highest BCUT2D eigenvalue weighted by molar-refractivity contribution is 5.25. The minimum Gasteiger partial charge on any atom is -0.333 e. The third-order valence-electron chi connectivity index (χ3n) is 1.57. The van der Waals surface area contributed by atoms with Crippen LogP contribution in [0.25, 0.3) is 0 Å². The number of halogens is 1. The predicted octanol–water partition coefficient (Wildman–Crippen LogP) is 2.03. The molecule has 0 aliphatic carbocycles. The molecule has 0 spiro atoms. The summed E-state index contributed by atoms with van der Waals surface area (Å²) in [5, 5.41) is 8.50. The molecule has 3 heteroatoms. The fraction of sp³-hybridized carbons (Fsp3) is 0.300. The summed E-state index contributed by atoms with van der Waals surface area (Å²) in [4.78, 5) is 0. The molecule has 0 bridgehead atoms. The molecule has 70 valence electrons. The van der Waals surface area contributed by atoms with E-state index in [1.54, 1.807) is 25.1 Å². The zero-order chi connectivity index (χ0) is 10.3. The Bertz CT molecular complexity index is 291. The van der Waals surface area contributed by atoms with Crippen LogP contribution in [0.15, 0.2) is 24.3 Å². The number of hydrogen-bond acceptors (Lipinski definition) is 2. The highest BCUT2D eigenvalue weighted by Gasteiger charge is 2.07. The van der Waals surface area contributed by atoms with Crippen molar-refractivity contribution in [3.05, 3.63) is 35.6 Å². The molecule has 2 nitrogen and oxygen atoms in total. The number of benzene rings is 1. The van der Waals surface area contributed by atoms with Crippen LogP contribution in [0.2, 0.25) is 0 Å². The molecular formula is C10H13FN2. The van der Waals surface area contributed by atoms with Crippen LogP contribution < -0.4 is 5.73 Å². The average Bonchev–Trinajstić information content (AvgIpc) is 2.20. The Morgan fingerprint density at radius 3 is 2.38 bits per heavy atom. The van der Waals surface area contributed by atoms with Crippen molar-refractivity contribution in [1.82, 2.24) is 0 Å². The lowest BCUT2D eigenvalue weighted by atomic mass is 10.0. The number of nitrogens with two attached hydrogens (primary N) is 1. The van der Waals surface area contributed by atoms with Gasteiger partial charge in [-0.2, -0.15) is 5.26 Å². The Kier molecular flexibility index (Phi) is 5.49. The molecule has 0 aliphatic heterocycles. The van der Waals surface area contributed by atoms with Gasteiger partial charge in [-0.15, -0.1) is 0 Å². The van der Waals surface area contributed by atoms with Gasteiger partial charge < -0.3 is 5.73 Å². The van der Waals surface area contributed by atoms with Gasteiger partial charge in [-0.3, -0.25) is 0 Å². The normalized spacial score (nSPS) is 10.7. The number of rotatable bonds is 1. The summed E-state index contributed by atoms with van der Waals surface area (Å²) in [6, 6.07) is 8.32. The second-order valence-corrected chi connectivity index (χ2v) is 2.37. The van der Waals surface area contributed by atoms with E-state index in [0.29, 0.717) is 5.56 Å². The number of nitrogens with zero attached hydrogens (tertiary/aromatic N) is 1. The second-order valence-electron chi connectivity index (χ2n) is 2.37. The van der Waals surface area contributed by atoms with Crippen LogP contribution in [-0.4, -0.2) is 7.05 Å². The zero-order valence-electron chi connectivity index (χ0n) is 7.79. The molecule has 0 aliphatic rings. The summed E-state index contributed by atoms with van der Waals surface area (Å²) in [6.07, 6.45) is 0. The highest BCUT2D eigenvalue weighted by Crippen LogP contribution is 2.16. The van der Waals surface area contributed by atoms with Gasteiger partial charge in [-0.05, 0) is 20.0 Å². The van der Waals surface area contributed by atoms with Gasteiger partial charge in [-0.1, -0.05) is 18.2 Å². The van der Waals surface area contributed by atoms with Gasteiger partial charge >= 0.3 is 0 Å². The third-order valence-corrected chi connectivity index (χ3v) is 1.57. The molecule has 0 heterocycles. The SMILES string of the molecule is CC(C#N)c1ccccc1F.CN. The molecule has 0 radical (unpaired) electrons. The molecule has 0 saturated heterocycles. The fourth-order valence-electron chi connectivity index (χ4n) is 0.896. The van der Waals surface area contributed by atoms with Gasteiger partial charge in [0.25, 0.3) is 0 Å². The summed E-state index contributed by atoms with van der Waals surface area (Å²) in [6.45, 7) is 1.68. The van der Waals surface area contributed by atoms with Gasteiger partial charge in [-0.25, -0.2) is 4.39 Å². The van der Waals surface area contributed by atoms with Crippen molar-refractivity contribution in [2.24, 2.45) is 5.73 Å². The molecule has 2 N–H and O–H groups in total. The van der Waals surface area contributed by atoms with Crippen molar-refractivity contribution in [3.63, 3.8) is 0 Å². The summed E-state index contributed by atoms with van der Waals surface area (Å²) in [5.74, 6) is -0.669. The Balaban J connectivity index is 0.000000671. The predicted molar refractivity (Wildman–Crippen MR) is 50.5 cm³/mol. The van der Waals surface area contributed by atoms with E-state index in [1.165, 1.54) is 13.1 Å². The maximum Gasteiger partial charge on any atom is 0.127 e. The standard InChI is InChI=1S/C9H8FN.CH5N/c1-7(6-11)8-4-2-3-5-9(8)10;1-2/h2-5,7H,1H3;2H2,1H3. The average molecular weight is 180 g/mol.